The lowest BCUT2D eigenvalue weighted by Crippen LogP contribution is -2.44. The van der Waals surface area contributed by atoms with Crippen LogP contribution in [0.15, 0.2) is 48.5 Å². The van der Waals surface area contributed by atoms with E-state index in [9.17, 15) is 0 Å². The topological polar surface area (TPSA) is 40.5 Å². The van der Waals surface area contributed by atoms with Gasteiger partial charge in [-0.1, -0.05) is 48.5 Å². The summed E-state index contributed by atoms with van der Waals surface area (Å²) >= 11 is 0. The van der Waals surface area contributed by atoms with Gasteiger partial charge in [0.1, 0.15) is 0 Å². The van der Waals surface area contributed by atoms with Crippen LogP contribution >= 0.6 is 0 Å². The van der Waals surface area contributed by atoms with E-state index in [-0.39, 0.29) is 0 Å². The Morgan fingerprint density at radius 3 is 1.33 bits per heavy atom. The van der Waals surface area contributed by atoms with Crippen molar-refractivity contribution in [1.29, 1.82) is 0 Å². The van der Waals surface area contributed by atoms with Crippen molar-refractivity contribution < 1.29 is 10.2 Å². The molecule has 0 heterocycles. The molecule has 0 aliphatic heterocycles. The van der Waals surface area contributed by atoms with Gasteiger partial charge < -0.3 is 10.2 Å². The Hall–Kier alpha value is -1.64. The van der Waals surface area contributed by atoms with Gasteiger partial charge in [0.2, 0.25) is 0 Å². The van der Waals surface area contributed by atoms with Gasteiger partial charge in [-0.15, -0.1) is 0 Å². The van der Waals surface area contributed by atoms with E-state index in [1.807, 2.05) is 0 Å². The molecule has 0 aromatic heterocycles. The minimum absolute atomic E-state index is 1.01. The minimum atomic E-state index is -1.01. The quantitative estimate of drug-likeness (QED) is 0.714. The fraction of sp³-hybridized carbons (Fsp3) is 0.368. The highest BCUT2D eigenvalue weighted by Gasteiger charge is 2.31. The first kappa shape index (κ1) is 15.7. The first-order valence-electron chi connectivity index (χ1n) is 7.31. The van der Waals surface area contributed by atoms with Crippen LogP contribution in [0.25, 0.3) is 11.1 Å². The molecule has 2 aromatic carbocycles. The Labute approximate surface area is 127 Å². The van der Waals surface area contributed by atoms with Crippen molar-refractivity contribution in [3.05, 3.63) is 59.7 Å². The van der Waals surface area contributed by atoms with Gasteiger partial charge in [0.05, 0.1) is 11.2 Å². The number of benzene rings is 2. The molecule has 0 saturated carbocycles. The number of rotatable bonds is 1. The van der Waals surface area contributed by atoms with Crippen LogP contribution in [-0.4, -0.2) is 21.4 Å². The molecule has 2 nitrogen and oxygen atoms in total. The third-order valence-corrected chi connectivity index (χ3v) is 4.20. The second-order valence-electron chi connectivity index (χ2n) is 6.61. The second-order valence-corrected chi connectivity index (χ2v) is 6.61. The number of hydrogen-bond acceptors (Lipinski definition) is 2. The molecule has 0 amide bonds. The third-order valence-electron chi connectivity index (χ3n) is 4.20. The Morgan fingerprint density at radius 1 is 0.667 bits per heavy atom. The van der Waals surface area contributed by atoms with Crippen molar-refractivity contribution in [3.8, 4) is 11.1 Å². The number of fused-ring (bicyclic) bond motifs is 3. The molecule has 0 saturated heterocycles. The van der Waals surface area contributed by atoms with Gasteiger partial charge in [0.15, 0.2) is 0 Å². The molecule has 1 aliphatic carbocycles. The summed E-state index contributed by atoms with van der Waals surface area (Å²) in [5.74, 6) is 0. The molecule has 0 spiro atoms. The fourth-order valence-electron chi connectivity index (χ4n) is 2.08. The zero-order chi connectivity index (χ0) is 15.7. The Kier molecular flexibility index (Phi) is 4.22. The lowest BCUT2D eigenvalue weighted by atomic mass is 9.90. The van der Waals surface area contributed by atoms with Gasteiger partial charge in [-0.2, -0.15) is 0 Å². The molecule has 3 rings (SSSR count). The predicted octanol–water partition coefficient (Wildman–Crippen LogP) is 3.79. The van der Waals surface area contributed by atoms with Crippen molar-refractivity contribution in [2.75, 3.05) is 0 Å². The highest BCUT2D eigenvalue weighted by atomic mass is 16.3. The highest BCUT2D eigenvalue weighted by molar-refractivity contribution is 5.76. The number of aliphatic hydroxyl groups is 2. The summed E-state index contributed by atoms with van der Waals surface area (Å²) in [5, 5.41) is 18.2. The van der Waals surface area contributed by atoms with E-state index in [4.69, 9.17) is 10.2 Å². The molecule has 2 N–H and O–H groups in total. The summed E-state index contributed by atoms with van der Waals surface area (Å²) in [5.41, 5.74) is 3.74. The maximum atomic E-state index is 9.10. The van der Waals surface area contributed by atoms with Gasteiger partial charge in [-0.3, -0.25) is 0 Å². The predicted molar refractivity (Wildman–Crippen MR) is 87.3 cm³/mol. The Balaban J connectivity index is 0.000000177. The molecular formula is C19H24O2. The highest BCUT2D eigenvalue weighted by Crippen LogP contribution is 2.35. The zero-order valence-electron chi connectivity index (χ0n) is 13.2. The first-order valence-corrected chi connectivity index (χ1v) is 7.31. The Bertz CT molecular complexity index is 560. The van der Waals surface area contributed by atoms with E-state index in [0.29, 0.717) is 0 Å². The standard InChI is InChI=1S/C13H10.C6H14O2/c1-3-7-12-10(5-1)9-11-6-2-4-8-13(11)12;1-5(2,7)6(3,4)8/h1-8H,9H2;7-8H,1-4H3. The average Bonchev–Trinajstić information content (AvgIpc) is 2.75. The van der Waals surface area contributed by atoms with Crippen LogP contribution in [0.1, 0.15) is 38.8 Å². The van der Waals surface area contributed by atoms with Gasteiger partial charge in [0.25, 0.3) is 0 Å². The van der Waals surface area contributed by atoms with Crippen molar-refractivity contribution >= 4 is 0 Å². The van der Waals surface area contributed by atoms with Crippen LogP contribution in [0, 0.1) is 0 Å². The molecule has 0 unspecified atom stereocenters. The zero-order valence-corrected chi connectivity index (χ0v) is 13.2. The third kappa shape index (κ3) is 3.52. The van der Waals surface area contributed by atoms with E-state index < -0.39 is 11.2 Å². The fourth-order valence-corrected chi connectivity index (χ4v) is 2.08. The molecule has 21 heavy (non-hydrogen) atoms. The minimum Gasteiger partial charge on any atom is -0.387 e. The molecular weight excluding hydrogens is 260 g/mol. The van der Waals surface area contributed by atoms with E-state index in [2.05, 4.69) is 48.5 Å². The lowest BCUT2D eigenvalue weighted by Gasteiger charge is -2.31. The van der Waals surface area contributed by atoms with Gasteiger partial charge in [-0.25, -0.2) is 0 Å². The maximum Gasteiger partial charge on any atom is 0.0872 e. The lowest BCUT2D eigenvalue weighted by molar-refractivity contribution is -0.107. The first-order chi connectivity index (χ1) is 9.70. The van der Waals surface area contributed by atoms with Crippen LogP contribution < -0.4 is 0 Å². The van der Waals surface area contributed by atoms with Crippen LogP contribution in [0.2, 0.25) is 0 Å². The van der Waals surface area contributed by atoms with Crippen molar-refractivity contribution in [2.24, 2.45) is 0 Å². The molecule has 0 atom stereocenters. The smallest absolute Gasteiger partial charge is 0.0872 e. The van der Waals surface area contributed by atoms with Crippen LogP contribution in [0.4, 0.5) is 0 Å². The Morgan fingerprint density at radius 2 is 1.00 bits per heavy atom. The van der Waals surface area contributed by atoms with Crippen molar-refractivity contribution in [2.45, 2.75) is 45.3 Å². The summed E-state index contributed by atoms with van der Waals surface area (Å²) in [4.78, 5) is 0. The van der Waals surface area contributed by atoms with Crippen molar-refractivity contribution in [1.82, 2.24) is 0 Å². The van der Waals surface area contributed by atoms with E-state index in [1.165, 1.54) is 22.3 Å². The maximum absolute atomic E-state index is 9.10. The second kappa shape index (κ2) is 5.63. The van der Waals surface area contributed by atoms with Crippen LogP contribution in [0.5, 0.6) is 0 Å². The molecule has 0 fully saturated rings. The van der Waals surface area contributed by atoms with Gasteiger partial charge in [0, 0.05) is 0 Å². The molecule has 0 radical (unpaired) electrons. The van der Waals surface area contributed by atoms with Crippen LogP contribution in [0.3, 0.4) is 0 Å². The van der Waals surface area contributed by atoms with Crippen molar-refractivity contribution in [3.63, 3.8) is 0 Å². The van der Waals surface area contributed by atoms with E-state index in [1.54, 1.807) is 27.7 Å². The van der Waals surface area contributed by atoms with Gasteiger partial charge >= 0.3 is 0 Å². The summed E-state index contributed by atoms with van der Waals surface area (Å²) in [6.45, 7) is 6.31. The largest absolute Gasteiger partial charge is 0.387 e. The van der Waals surface area contributed by atoms with Gasteiger partial charge in [-0.05, 0) is 56.4 Å². The normalized spacial score (nSPS) is 13.0. The van der Waals surface area contributed by atoms with Crippen LogP contribution in [-0.2, 0) is 6.42 Å². The summed E-state index contributed by atoms with van der Waals surface area (Å²) in [6, 6.07) is 17.3. The summed E-state index contributed by atoms with van der Waals surface area (Å²) in [7, 11) is 0. The molecule has 112 valence electrons. The van der Waals surface area contributed by atoms with E-state index >= 15 is 0 Å². The SMILES string of the molecule is CC(C)(O)C(C)(C)O.c1ccc2c(c1)Cc1ccccc1-2. The number of hydrogen-bond donors (Lipinski definition) is 2. The monoisotopic (exact) mass is 284 g/mol. The molecule has 1 aliphatic rings. The summed E-state index contributed by atoms with van der Waals surface area (Å²) < 4.78 is 0. The van der Waals surface area contributed by atoms with E-state index in [0.717, 1.165) is 6.42 Å². The average molecular weight is 284 g/mol. The molecule has 0 bridgehead atoms. The molecule has 2 heteroatoms. The molecule has 2 aromatic rings. The summed E-state index contributed by atoms with van der Waals surface area (Å²) in [6.07, 6.45) is 1.10.